The lowest BCUT2D eigenvalue weighted by molar-refractivity contribution is -0.139. The number of esters is 2. The standard InChI is InChI=1S/C26H23BrN2O6/c1-14-20(25(32)34-3)22(18-10-6-7-11-19(18)27)21(15(2)28-14)26(33)35-13-12-29-23(30)16-8-4-5-9-17(16)24(29)31/h4-11,22,28H,12-13H2,1-3H3. The molecule has 8 nitrogen and oxygen atoms in total. The Hall–Kier alpha value is -3.72. The molecule has 1 atom stereocenters. The summed E-state index contributed by atoms with van der Waals surface area (Å²) in [5.41, 5.74) is 2.98. The number of halogens is 1. The number of fused-ring (bicyclic) bond motifs is 1. The van der Waals surface area contributed by atoms with Gasteiger partial charge in [-0.3, -0.25) is 14.5 Å². The monoisotopic (exact) mass is 538 g/mol. The first-order chi connectivity index (χ1) is 16.8. The fourth-order valence-corrected chi connectivity index (χ4v) is 4.93. The molecule has 2 aromatic rings. The fourth-order valence-electron chi connectivity index (χ4n) is 4.41. The summed E-state index contributed by atoms with van der Waals surface area (Å²) in [4.78, 5) is 52.3. The van der Waals surface area contributed by atoms with Crippen LogP contribution in [0.3, 0.4) is 0 Å². The highest BCUT2D eigenvalue weighted by molar-refractivity contribution is 9.10. The van der Waals surface area contributed by atoms with Crippen molar-refractivity contribution in [1.29, 1.82) is 0 Å². The summed E-state index contributed by atoms with van der Waals surface area (Å²) < 4.78 is 11.2. The summed E-state index contributed by atoms with van der Waals surface area (Å²) in [6.45, 7) is 3.18. The molecule has 0 bridgehead atoms. The lowest BCUT2D eigenvalue weighted by Crippen LogP contribution is -2.35. The molecule has 1 unspecified atom stereocenters. The number of allylic oxidation sites excluding steroid dienone is 2. The number of imide groups is 1. The molecule has 0 saturated heterocycles. The minimum atomic E-state index is -0.744. The molecule has 2 aliphatic heterocycles. The molecule has 0 spiro atoms. The van der Waals surface area contributed by atoms with Gasteiger partial charge in [0.2, 0.25) is 0 Å². The zero-order valence-electron chi connectivity index (χ0n) is 19.4. The van der Waals surface area contributed by atoms with E-state index in [1.807, 2.05) is 24.3 Å². The first-order valence-corrected chi connectivity index (χ1v) is 11.7. The van der Waals surface area contributed by atoms with Crippen molar-refractivity contribution in [2.24, 2.45) is 0 Å². The summed E-state index contributed by atoms with van der Waals surface area (Å²) in [5.74, 6) is -2.82. The summed E-state index contributed by atoms with van der Waals surface area (Å²) in [6.07, 6.45) is 0. The van der Waals surface area contributed by atoms with Gasteiger partial charge in [-0.05, 0) is 37.6 Å². The predicted octanol–water partition coefficient (Wildman–Crippen LogP) is 3.70. The molecule has 0 aliphatic carbocycles. The van der Waals surface area contributed by atoms with Crippen molar-refractivity contribution in [1.82, 2.24) is 10.2 Å². The first kappa shape index (κ1) is 24.4. The molecule has 9 heteroatoms. The molecule has 2 amide bonds. The molecule has 180 valence electrons. The van der Waals surface area contributed by atoms with Gasteiger partial charge in [0, 0.05) is 15.9 Å². The number of carbonyl (C=O) groups is 4. The van der Waals surface area contributed by atoms with Crippen LogP contribution in [0.1, 0.15) is 46.0 Å². The van der Waals surface area contributed by atoms with Gasteiger partial charge in [0.15, 0.2) is 0 Å². The van der Waals surface area contributed by atoms with Gasteiger partial charge in [-0.15, -0.1) is 0 Å². The third kappa shape index (κ3) is 4.39. The van der Waals surface area contributed by atoms with Gasteiger partial charge < -0.3 is 14.8 Å². The Morgan fingerprint density at radius 1 is 0.914 bits per heavy atom. The maximum absolute atomic E-state index is 13.3. The minimum Gasteiger partial charge on any atom is -0.466 e. The zero-order valence-corrected chi connectivity index (χ0v) is 21.0. The molecule has 0 aromatic heterocycles. The van der Waals surface area contributed by atoms with Gasteiger partial charge in [-0.2, -0.15) is 0 Å². The summed E-state index contributed by atoms with van der Waals surface area (Å²) in [7, 11) is 1.28. The Labute approximate surface area is 210 Å². The minimum absolute atomic E-state index is 0.0870. The number of methoxy groups -OCH3 is 1. The Balaban J connectivity index is 1.58. The Kier molecular flexibility index (Phi) is 6.88. The Morgan fingerprint density at radius 3 is 2.03 bits per heavy atom. The highest BCUT2D eigenvalue weighted by Gasteiger charge is 2.39. The van der Waals surface area contributed by atoms with Crippen molar-refractivity contribution in [3.63, 3.8) is 0 Å². The fraction of sp³-hybridized carbons (Fsp3) is 0.231. The molecule has 4 rings (SSSR count). The normalized spacial score (nSPS) is 17.4. The molecule has 0 radical (unpaired) electrons. The second-order valence-electron chi connectivity index (χ2n) is 8.09. The zero-order chi connectivity index (χ0) is 25.3. The van der Waals surface area contributed by atoms with E-state index in [4.69, 9.17) is 9.47 Å². The number of hydrogen-bond donors (Lipinski definition) is 1. The third-order valence-electron chi connectivity index (χ3n) is 6.03. The number of ether oxygens (including phenoxy) is 2. The van der Waals surface area contributed by atoms with Crippen LogP contribution < -0.4 is 5.32 Å². The van der Waals surface area contributed by atoms with Crippen LogP contribution in [0.2, 0.25) is 0 Å². The maximum atomic E-state index is 13.3. The largest absolute Gasteiger partial charge is 0.466 e. The van der Waals surface area contributed by atoms with Crippen LogP contribution in [0, 0.1) is 0 Å². The molecule has 2 aliphatic rings. The molecular weight excluding hydrogens is 516 g/mol. The summed E-state index contributed by atoms with van der Waals surface area (Å²) in [5, 5.41) is 3.08. The second kappa shape index (κ2) is 9.87. The van der Waals surface area contributed by atoms with Gasteiger partial charge in [-0.25, -0.2) is 9.59 Å². The van der Waals surface area contributed by atoms with Crippen molar-refractivity contribution < 1.29 is 28.7 Å². The van der Waals surface area contributed by atoms with Gasteiger partial charge in [0.1, 0.15) is 6.61 Å². The average Bonchev–Trinajstić information content (AvgIpc) is 3.08. The van der Waals surface area contributed by atoms with Crippen LogP contribution in [-0.2, 0) is 19.1 Å². The van der Waals surface area contributed by atoms with E-state index in [-0.39, 0.29) is 24.3 Å². The van der Waals surface area contributed by atoms with Gasteiger partial charge in [-0.1, -0.05) is 46.3 Å². The number of carbonyl (C=O) groups excluding carboxylic acids is 4. The smallest absolute Gasteiger partial charge is 0.336 e. The van der Waals surface area contributed by atoms with Gasteiger partial charge >= 0.3 is 11.9 Å². The summed E-state index contributed by atoms with van der Waals surface area (Å²) in [6, 6.07) is 13.8. The number of dihydropyridines is 1. The maximum Gasteiger partial charge on any atom is 0.336 e. The number of rotatable bonds is 6. The molecule has 2 heterocycles. The number of nitrogens with zero attached hydrogens (tertiary/aromatic N) is 1. The van der Waals surface area contributed by atoms with E-state index in [0.29, 0.717) is 32.6 Å². The lowest BCUT2D eigenvalue weighted by Gasteiger charge is -2.30. The van der Waals surface area contributed by atoms with Crippen LogP contribution in [-0.4, -0.2) is 48.9 Å². The molecule has 0 fully saturated rings. The molecule has 2 aromatic carbocycles. The van der Waals surface area contributed by atoms with E-state index in [1.165, 1.54) is 7.11 Å². The molecule has 0 saturated carbocycles. The Morgan fingerprint density at radius 2 is 1.46 bits per heavy atom. The number of hydrogen-bond acceptors (Lipinski definition) is 7. The number of benzene rings is 2. The molecular formula is C26H23BrN2O6. The van der Waals surface area contributed by atoms with Gasteiger partial charge in [0.05, 0.1) is 41.8 Å². The quantitative estimate of drug-likeness (QED) is 0.441. The van der Waals surface area contributed by atoms with E-state index >= 15 is 0 Å². The van der Waals surface area contributed by atoms with E-state index in [0.717, 1.165) is 4.90 Å². The van der Waals surface area contributed by atoms with E-state index in [2.05, 4.69) is 21.2 Å². The predicted molar refractivity (Wildman–Crippen MR) is 130 cm³/mol. The van der Waals surface area contributed by atoms with Crippen molar-refractivity contribution in [3.05, 3.63) is 92.2 Å². The van der Waals surface area contributed by atoms with Crippen molar-refractivity contribution >= 4 is 39.7 Å². The van der Waals surface area contributed by atoms with Crippen LogP contribution >= 0.6 is 15.9 Å². The van der Waals surface area contributed by atoms with Crippen molar-refractivity contribution in [3.8, 4) is 0 Å². The average molecular weight is 539 g/mol. The third-order valence-corrected chi connectivity index (χ3v) is 6.75. The lowest BCUT2D eigenvalue weighted by atomic mass is 9.80. The van der Waals surface area contributed by atoms with Gasteiger partial charge in [0.25, 0.3) is 11.8 Å². The molecule has 35 heavy (non-hydrogen) atoms. The van der Waals surface area contributed by atoms with Crippen LogP contribution in [0.25, 0.3) is 0 Å². The highest BCUT2D eigenvalue weighted by atomic mass is 79.9. The highest BCUT2D eigenvalue weighted by Crippen LogP contribution is 2.41. The van der Waals surface area contributed by atoms with Crippen molar-refractivity contribution in [2.75, 3.05) is 20.3 Å². The number of nitrogens with one attached hydrogen (secondary N) is 1. The van der Waals surface area contributed by atoms with E-state index < -0.39 is 29.7 Å². The number of amides is 2. The van der Waals surface area contributed by atoms with Crippen LogP contribution in [0.15, 0.2) is 75.5 Å². The van der Waals surface area contributed by atoms with Crippen molar-refractivity contribution in [2.45, 2.75) is 19.8 Å². The summed E-state index contributed by atoms with van der Waals surface area (Å²) >= 11 is 3.52. The second-order valence-corrected chi connectivity index (χ2v) is 8.95. The van der Waals surface area contributed by atoms with E-state index in [9.17, 15) is 19.2 Å². The molecule has 1 N–H and O–H groups in total. The van der Waals surface area contributed by atoms with Crippen LogP contribution in [0.5, 0.6) is 0 Å². The van der Waals surface area contributed by atoms with Crippen LogP contribution in [0.4, 0.5) is 0 Å². The topological polar surface area (TPSA) is 102 Å². The SMILES string of the molecule is COC(=O)C1=C(C)NC(C)=C(C(=O)OCCN2C(=O)c3ccccc3C2=O)C1c1ccccc1Br. The Bertz CT molecular complexity index is 1280. The first-order valence-electron chi connectivity index (χ1n) is 10.9. The van der Waals surface area contributed by atoms with E-state index in [1.54, 1.807) is 38.1 Å².